The third-order valence-electron chi connectivity index (χ3n) is 3.31. The van der Waals surface area contributed by atoms with E-state index in [1.54, 1.807) is 0 Å². The highest BCUT2D eigenvalue weighted by Crippen LogP contribution is 2.28. The van der Waals surface area contributed by atoms with Crippen molar-refractivity contribution in [1.82, 2.24) is 5.43 Å². The molecule has 96 valence electrons. The molecule has 0 heterocycles. The van der Waals surface area contributed by atoms with Gasteiger partial charge in [0, 0.05) is 6.04 Å². The maximum atomic E-state index is 5.66. The molecule has 0 saturated heterocycles. The van der Waals surface area contributed by atoms with Crippen LogP contribution in [0.3, 0.4) is 0 Å². The molecule has 0 aliphatic rings. The van der Waals surface area contributed by atoms with Gasteiger partial charge in [-0.15, -0.1) is 0 Å². The molecule has 0 aliphatic carbocycles. The maximum absolute atomic E-state index is 5.66. The van der Waals surface area contributed by atoms with E-state index in [2.05, 4.69) is 38.3 Å². The zero-order chi connectivity index (χ0) is 12.8. The van der Waals surface area contributed by atoms with Crippen LogP contribution in [0.5, 0.6) is 5.75 Å². The lowest BCUT2D eigenvalue weighted by atomic mass is 9.86. The van der Waals surface area contributed by atoms with Gasteiger partial charge >= 0.3 is 0 Å². The zero-order valence-corrected chi connectivity index (χ0v) is 11.2. The van der Waals surface area contributed by atoms with Gasteiger partial charge in [0.1, 0.15) is 5.75 Å². The van der Waals surface area contributed by atoms with E-state index in [1.807, 2.05) is 19.1 Å². The number of ether oxygens (including phenoxy) is 1. The quantitative estimate of drug-likeness (QED) is 0.590. The van der Waals surface area contributed by atoms with E-state index in [9.17, 15) is 0 Å². The van der Waals surface area contributed by atoms with Gasteiger partial charge in [-0.3, -0.25) is 11.3 Å². The number of hydrogen-bond acceptors (Lipinski definition) is 3. The number of hydrazine groups is 1. The monoisotopic (exact) mass is 236 g/mol. The van der Waals surface area contributed by atoms with E-state index < -0.39 is 0 Å². The summed E-state index contributed by atoms with van der Waals surface area (Å²) in [7, 11) is 0. The second kappa shape index (κ2) is 6.62. The standard InChI is InChI=1S/C14H24N2O/c1-5-17-13-8-6-12(7-9-13)14(16-15)11(4)10(2)3/h6-11,14,16H,5,15H2,1-4H3. The van der Waals surface area contributed by atoms with Crippen LogP contribution in [0.25, 0.3) is 0 Å². The number of hydrogen-bond donors (Lipinski definition) is 2. The highest BCUT2D eigenvalue weighted by atomic mass is 16.5. The summed E-state index contributed by atoms with van der Waals surface area (Å²) in [6.45, 7) is 9.32. The van der Waals surface area contributed by atoms with Gasteiger partial charge in [-0.25, -0.2) is 0 Å². The predicted octanol–water partition coefficient (Wildman–Crippen LogP) is 2.88. The average Bonchev–Trinajstić information content (AvgIpc) is 2.32. The molecule has 0 aromatic heterocycles. The number of rotatable bonds is 6. The Hall–Kier alpha value is -1.06. The molecule has 0 saturated carbocycles. The molecule has 2 unspecified atom stereocenters. The Morgan fingerprint density at radius 3 is 2.18 bits per heavy atom. The molecular formula is C14H24N2O. The van der Waals surface area contributed by atoms with Crippen molar-refractivity contribution in [2.24, 2.45) is 17.7 Å². The topological polar surface area (TPSA) is 47.3 Å². The van der Waals surface area contributed by atoms with Crippen molar-refractivity contribution < 1.29 is 4.74 Å². The van der Waals surface area contributed by atoms with Crippen molar-refractivity contribution in [3.05, 3.63) is 29.8 Å². The van der Waals surface area contributed by atoms with E-state index in [0.29, 0.717) is 18.4 Å². The van der Waals surface area contributed by atoms with E-state index in [1.165, 1.54) is 5.56 Å². The first kappa shape index (κ1) is 14.0. The second-order valence-corrected chi connectivity index (χ2v) is 4.75. The van der Waals surface area contributed by atoms with Gasteiger partial charge in [-0.1, -0.05) is 32.9 Å². The van der Waals surface area contributed by atoms with Crippen LogP contribution in [0.2, 0.25) is 0 Å². The summed E-state index contributed by atoms with van der Waals surface area (Å²) in [5, 5.41) is 0. The maximum Gasteiger partial charge on any atom is 0.119 e. The fourth-order valence-electron chi connectivity index (χ4n) is 1.87. The van der Waals surface area contributed by atoms with Crippen molar-refractivity contribution >= 4 is 0 Å². The molecule has 0 fully saturated rings. The van der Waals surface area contributed by atoms with Crippen molar-refractivity contribution in [2.75, 3.05) is 6.61 Å². The zero-order valence-electron chi connectivity index (χ0n) is 11.2. The molecule has 0 spiro atoms. The van der Waals surface area contributed by atoms with Crippen molar-refractivity contribution in [3.63, 3.8) is 0 Å². The third-order valence-corrected chi connectivity index (χ3v) is 3.31. The molecule has 3 N–H and O–H groups in total. The van der Waals surface area contributed by atoms with Crippen molar-refractivity contribution in [3.8, 4) is 5.75 Å². The minimum atomic E-state index is 0.186. The molecule has 1 aromatic carbocycles. The Morgan fingerprint density at radius 2 is 1.76 bits per heavy atom. The Bertz CT molecular complexity index is 321. The van der Waals surface area contributed by atoms with Gasteiger partial charge in [0.2, 0.25) is 0 Å². The molecule has 17 heavy (non-hydrogen) atoms. The van der Waals surface area contributed by atoms with Gasteiger partial charge in [0.25, 0.3) is 0 Å². The van der Waals surface area contributed by atoms with Crippen LogP contribution in [-0.4, -0.2) is 6.61 Å². The molecule has 0 amide bonds. The normalized spacial score (nSPS) is 14.7. The van der Waals surface area contributed by atoms with Crippen molar-refractivity contribution in [1.29, 1.82) is 0 Å². The molecular weight excluding hydrogens is 212 g/mol. The van der Waals surface area contributed by atoms with E-state index in [-0.39, 0.29) is 6.04 Å². The summed E-state index contributed by atoms with van der Waals surface area (Å²) in [5.74, 6) is 7.64. The fraction of sp³-hybridized carbons (Fsp3) is 0.571. The summed E-state index contributed by atoms with van der Waals surface area (Å²) >= 11 is 0. The molecule has 3 heteroatoms. The minimum Gasteiger partial charge on any atom is -0.494 e. The van der Waals surface area contributed by atoms with Crippen molar-refractivity contribution in [2.45, 2.75) is 33.7 Å². The van der Waals surface area contributed by atoms with Gasteiger partial charge in [-0.2, -0.15) is 0 Å². The van der Waals surface area contributed by atoms with Gasteiger partial charge in [0.15, 0.2) is 0 Å². The van der Waals surface area contributed by atoms with Gasteiger partial charge < -0.3 is 4.74 Å². The Labute approximate surface area is 104 Å². The lowest BCUT2D eigenvalue weighted by Crippen LogP contribution is -2.34. The van der Waals surface area contributed by atoms with Gasteiger partial charge in [-0.05, 0) is 36.5 Å². The van der Waals surface area contributed by atoms with E-state index in [4.69, 9.17) is 10.6 Å². The highest BCUT2D eigenvalue weighted by Gasteiger charge is 2.20. The minimum absolute atomic E-state index is 0.186. The van der Waals surface area contributed by atoms with E-state index in [0.717, 1.165) is 5.75 Å². The first-order chi connectivity index (χ1) is 8.10. The Balaban J connectivity index is 2.82. The molecule has 1 aromatic rings. The van der Waals surface area contributed by atoms with Crippen LogP contribution in [-0.2, 0) is 0 Å². The first-order valence-electron chi connectivity index (χ1n) is 6.29. The molecule has 1 rings (SSSR count). The summed E-state index contributed by atoms with van der Waals surface area (Å²) in [5.41, 5.74) is 4.12. The molecule has 0 aliphatic heterocycles. The number of benzene rings is 1. The van der Waals surface area contributed by atoms with Crippen LogP contribution in [0.4, 0.5) is 0 Å². The highest BCUT2D eigenvalue weighted by molar-refractivity contribution is 5.29. The fourth-order valence-corrected chi connectivity index (χ4v) is 1.87. The smallest absolute Gasteiger partial charge is 0.119 e. The predicted molar refractivity (Wildman–Crippen MR) is 71.7 cm³/mol. The summed E-state index contributed by atoms with van der Waals surface area (Å²) in [6.07, 6.45) is 0. The first-order valence-corrected chi connectivity index (χ1v) is 6.29. The van der Waals surface area contributed by atoms with Crippen LogP contribution in [0.1, 0.15) is 39.3 Å². The molecule has 0 radical (unpaired) electrons. The Morgan fingerprint density at radius 1 is 1.18 bits per heavy atom. The third kappa shape index (κ3) is 3.72. The number of nitrogens with two attached hydrogens (primary N) is 1. The molecule has 2 atom stereocenters. The summed E-state index contributed by atoms with van der Waals surface area (Å²) < 4.78 is 5.43. The lowest BCUT2D eigenvalue weighted by molar-refractivity contribution is 0.305. The summed E-state index contributed by atoms with van der Waals surface area (Å²) in [4.78, 5) is 0. The second-order valence-electron chi connectivity index (χ2n) is 4.75. The lowest BCUT2D eigenvalue weighted by Gasteiger charge is -2.26. The molecule has 0 bridgehead atoms. The number of nitrogens with one attached hydrogen (secondary N) is 1. The summed E-state index contributed by atoms with van der Waals surface area (Å²) in [6, 6.07) is 8.33. The average molecular weight is 236 g/mol. The largest absolute Gasteiger partial charge is 0.494 e. The van der Waals surface area contributed by atoms with Crippen LogP contribution >= 0.6 is 0 Å². The van der Waals surface area contributed by atoms with Crippen LogP contribution in [0, 0.1) is 11.8 Å². The van der Waals surface area contributed by atoms with Crippen LogP contribution < -0.4 is 16.0 Å². The Kier molecular flexibility index (Phi) is 5.45. The SMILES string of the molecule is CCOc1ccc(C(NN)C(C)C(C)C)cc1. The molecule has 3 nitrogen and oxygen atoms in total. The van der Waals surface area contributed by atoms with Gasteiger partial charge in [0.05, 0.1) is 6.61 Å². The van der Waals surface area contributed by atoms with Crippen LogP contribution in [0.15, 0.2) is 24.3 Å². The van der Waals surface area contributed by atoms with E-state index >= 15 is 0 Å².